The summed E-state index contributed by atoms with van der Waals surface area (Å²) < 4.78 is 11.0. The van der Waals surface area contributed by atoms with Crippen molar-refractivity contribution in [1.29, 1.82) is 5.26 Å². The van der Waals surface area contributed by atoms with Crippen molar-refractivity contribution in [2.24, 2.45) is 0 Å². The van der Waals surface area contributed by atoms with Crippen molar-refractivity contribution < 1.29 is 14.3 Å². The normalized spacial score (nSPS) is 11.0. The van der Waals surface area contributed by atoms with E-state index in [4.69, 9.17) is 44.3 Å². The molecule has 0 heterocycles. The number of anilines is 1. The van der Waals surface area contributed by atoms with Crippen LogP contribution in [0.1, 0.15) is 16.7 Å². The van der Waals surface area contributed by atoms with Crippen LogP contribution in [0.2, 0.25) is 15.1 Å². The third-order valence-electron chi connectivity index (χ3n) is 4.65. The third-order valence-corrected chi connectivity index (χ3v) is 5.61. The van der Waals surface area contributed by atoms with Crippen LogP contribution >= 0.6 is 34.8 Å². The zero-order valence-corrected chi connectivity index (χ0v) is 20.1. The molecule has 0 aliphatic heterocycles. The van der Waals surface area contributed by atoms with Gasteiger partial charge in [-0.3, -0.25) is 4.79 Å². The van der Waals surface area contributed by atoms with Crippen LogP contribution in [0, 0.1) is 18.3 Å². The molecular weight excluding hydrogens is 483 g/mol. The first-order valence-corrected chi connectivity index (χ1v) is 10.9. The fourth-order valence-electron chi connectivity index (χ4n) is 2.95. The molecular formula is C25H19Cl3N2O3. The lowest BCUT2D eigenvalue weighted by Gasteiger charge is -2.12. The second-order valence-electron chi connectivity index (χ2n) is 7.01. The van der Waals surface area contributed by atoms with E-state index in [2.05, 4.69) is 11.4 Å². The number of aryl methyl sites for hydroxylation is 1. The lowest BCUT2D eigenvalue weighted by Crippen LogP contribution is -2.20. The number of amides is 1. The van der Waals surface area contributed by atoms with Crippen molar-refractivity contribution >= 4 is 58.0 Å². The van der Waals surface area contributed by atoms with Crippen LogP contribution in [0.25, 0.3) is 11.6 Å². The molecule has 168 valence electrons. The molecule has 0 saturated heterocycles. The molecule has 8 heteroatoms. The topological polar surface area (TPSA) is 71.3 Å². The average Bonchev–Trinajstić information content (AvgIpc) is 2.79. The predicted octanol–water partition coefficient (Wildman–Crippen LogP) is 7.05. The number of hydrogen-bond donors (Lipinski definition) is 1. The summed E-state index contributed by atoms with van der Waals surface area (Å²) in [5, 5.41) is 13.8. The number of nitrogens with one attached hydrogen (secondary N) is 1. The third kappa shape index (κ3) is 6.43. The van der Waals surface area contributed by atoms with E-state index in [9.17, 15) is 10.1 Å². The molecule has 1 N–H and O–H groups in total. The number of halogens is 3. The Hall–Kier alpha value is -3.17. The molecule has 33 heavy (non-hydrogen) atoms. The Kier molecular flexibility index (Phi) is 8.24. The minimum Gasteiger partial charge on any atom is -0.493 e. The van der Waals surface area contributed by atoms with Crippen molar-refractivity contribution in [3.8, 4) is 17.6 Å². The Balaban J connectivity index is 1.73. The lowest BCUT2D eigenvalue weighted by molar-refractivity contribution is -0.118. The van der Waals surface area contributed by atoms with Gasteiger partial charge in [0.15, 0.2) is 18.1 Å². The molecule has 3 aromatic rings. The van der Waals surface area contributed by atoms with Gasteiger partial charge in [-0.15, -0.1) is 0 Å². The Bertz CT molecular complexity index is 1270. The molecule has 0 unspecified atom stereocenters. The number of hydrogen-bond acceptors (Lipinski definition) is 4. The maximum Gasteiger partial charge on any atom is 0.262 e. The van der Waals surface area contributed by atoms with Crippen molar-refractivity contribution in [2.75, 3.05) is 19.0 Å². The summed E-state index contributed by atoms with van der Waals surface area (Å²) in [4.78, 5) is 12.3. The Labute approximate surface area is 207 Å². The number of carbonyl (C=O) groups is 1. The van der Waals surface area contributed by atoms with E-state index in [1.165, 1.54) is 7.11 Å². The highest BCUT2D eigenvalue weighted by Crippen LogP contribution is 2.32. The van der Waals surface area contributed by atoms with Crippen molar-refractivity contribution in [3.05, 3.63) is 86.4 Å². The Morgan fingerprint density at radius 1 is 1.03 bits per heavy atom. The molecule has 1 amide bonds. The number of nitriles is 1. The average molecular weight is 502 g/mol. The molecule has 3 aromatic carbocycles. The minimum atomic E-state index is -0.343. The molecule has 0 saturated carbocycles. The highest BCUT2D eigenvalue weighted by atomic mass is 35.5. The van der Waals surface area contributed by atoms with Crippen molar-refractivity contribution in [2.45, 2.75) is 6.92 Å². The first kappa shape index (κ1) is 24.5. The summed E-state index contributed by atoms with van der Waals surface area (Å²) in [7, 11) is 1.49. The maximum absolute atomic E-state index is 12.3. The first-order valence-electron chi connectivity index (χ1n) is 9.74. The molecule has 3 rings (SSSR count). The van der Waals surface area contributed by atoms with Gasteiger partial charge in [0, 0.05) is 21.3 Å². The zero-order chi connectivity index (χ0) is 24.0. The van der Waals surface area contributed by atoms with Gasteiger partial charge < -0.3 is 14.8 Å². The second kappa shape index (κ2) is 11.1. The van der Waals surface area contributed by atoms with E-state index in [0.29, 0.717) is 49.0 Å². The zero-order valence-electron chi connectivity index (χ0n) is 17.8. The number of rotatable bonds is 7. The summed E-state index contributed by atoms with van der Waals surface area (Å²) in [5.41, 5.74) is 3.12. The van der Waals surface area contributed by atoms with Gasteiger partial charge in [-0.1, -0.05) is 53.0 Å². The molecule has 0 bridgehead atoms. The Morgan fingerprint density at radius 2 is 1.82 bits per heavy atom. The maximum atomic E-state index is 12.3. The minimum absolute atomic E-state index is 0.221. The number of ether oxygens (including phenoxy) is 2. The van der Waals surface area contributed by atoms with Crippen molar-refractivity contribution in [1.82, 2.24) is 0 Å². The number of nitrogens with zero attached hydrogens (tertiary/aromatic N) is 1. The monoisotopic (exact) mass is 500 g/mol. The molecule has 0 aromatic heterocycles. The van der Waals surface area contributed by atoms with Gasteiger partial charge in [0.05, 0.1) is 23.8 Å². The Morgan fingerprint density at radius 3 is 2.48 bits per heavy atom. The fraction of sp³-hybridized carbons (Fsp3) is 0.120. The molecule has 0 fully saturated rings. The van der Waals surface area contributed by atoms with E-state index >= 15 is 0 Å². The van der Waals surface area contributed by atoms with E-state index in [1.54, 1.807) is 54.6 Å². The number of allylic oxidation sites excluding steroid dienone is 1. The number of carbonyl (C=O) groups excluding carboxylic acids is 1. The van der Waals surface area contributed by atoms with Crippen LogP contribution in [-0.4, -0.2) is 19.6 Å². The molecule has 5 nitrogen and oxygen atoms in total. The lowest BCUT2D eigenvalue weighted by atomic mass is 10.0. The van der Waals surface area contributed by atoms with Crippen LogP contribution < -0.4 is 14.8 Å². The summed E-state index contributed by atoms with van der Waals surface area (Å²) in [6.07, 6.45) is 1.68. The summed E-state index contributed by atoms with van der Waals surface area (Å²) in [6.45, 7) is 1.66. The van der Waals surface area contributed by atoms with Gasteiger partial charge in [-0.2, -0.15) is 5.26 Å². The smallest absolute Gasteiger partial charge is 0.262 e. The first-order chi connectivity index (χ1) is 15.8. The van der Waals surface area contributed by atoms with Gasteiger partial charge >= 0.3 is 0 Å². The molecule has 0 radical (unpaired) electrons. The van der Waals surface area contributed by atoms with E-state index in [-0.39, 0.29) is 12.5 Å². The van der Waals surface area contributed by atoms with Crippen LogP contribution in [-0.2, 0) is 4.79 Å². The molecule has 0 atom stereocenters. The van der Waals surface area contributed by atoms with E-state index in [1.807, 2.05) is 13.0 Å². The van der Waals surface area contributed by atoms with Gasteiger partial charge in [-0.05, 0) is 60.5 Å². The quantitative estimate of drug-likeness (QED) is 0.278. The highest BCUT2D eigenvalue weighted by molar-refractivity contribution is 6.36. The standard InChI is InChI=1S/C25H19Cl3N2O3/c1-15-3-6-19(12-21(15)27)30-25(31)14-33-23-8-4-16(10-24(23)32-2)9-17(13-29)20-7-5-18(26)11-22(20)28/h3-12H,14H2,1-2H3,(H,30,31)/b17-9+. The molecule has 0 spiro atoms. The van der Waals surface area contributed by atoms with E-state index < -0.39 is 0 Å². The second-order valence-corrected chi connectivity index (χ2v) is 8.26. The summed E-state index contributed by atoms with van der Waals surface area (Å²) >= 11 is 18.3. The number of benzene rings is 3. The number of methoxy groups -OCH3 is 1. The summed E-state index contributed by atoms with van der Waals surface area (Å²) in [6, 6.07) is 17.5. The van der Waals surface area contributed by atoms with E-state index in [0.717, 1.165) is 5.56 Å². The fourth-order valence-corrected chi connectivity index (χ4v) is 3.64. The van der Waals surface area contributed by atoms with Crippen LogP contribution in [0.3, 0.4) is 0 Å². The van der Waals surface area contributed by atoms with Crippen LogP contribution in [0.4, 0.5) is 5.69 Å². The van der Waals surface area contributed by atoms with Gasteiger partial charge in [-0.25, -0.2) is 0 Å². The van der Waals surface area contributed by atoms with Crippen LogP contribution in [0.15, 0.2) is 54.6 Å². The highest BCUT2D eigenvalue weighted by Gasteiger charge is 2.11. The van der Waals surface area contributed by atoms with Crippen molar-refractivity contribution in [3.63, 3.8) is 0 Å². The molecule has 0 aliphatic rings. The summed E-state index contributed by atoms with van der Waals surface area (Å²) in [5.74, 6) is 0.453. The van der Waals surface area contributed by atoms with Gasteiger partial charge in [0.2, 0.25) is 0 Å². The van der Waals surface area contributed by atoms with Crippen LogP contribution in [0.5, 0.6) is 11.5 Å². The molecule has 0 aliphatic carbocycles. The SMILES string of the molecule is COc1cc(/C=C(\C#N)c2ccc(Cl)cc2Cl)ccc1OCC(=O)Nc1ccc(C)c(Cl)c1. The predicted molar refractivity (Wildman–Crippen MR) is 133 cm³/mol. The van der Waals surface area contributed by atoms with Gasteiger partial charge in [0.25, 0.3) is 5.91 Å². The largest absolute Gasteiger partial charge is 0.493 e. The van der Waals surface area contributed by atoms with Gasteiger partial charge in [0.1, 0.15) is 0 Å².